The highest BCUT2D eigenvalue weighted by molar-refractivity contribution is 7.96. The molecule has 4 aromatic rings. The molecular weight excluding hydrogens is 363 g/mol. The van der Waals surface area contributed by atoms with E-state index < -0.39 is 7.26 Å². The van der Waals surface area contributed by atoms with Gasteiger partial charge >= 0.3 is 0 Å². The molecule has 0 atom stereocenters. The molecule has 0 saturated heterocycles. The highest BCUT2D eigenvalue weighted by Crippen LogP contribution is 2.55. The van der Waals surface area contributed by atoms with Crippen molar-refractivity contribution in [1.82, 2.24) is 9.78 Å². The van der Waals surface area contributed by atoms with Gasteiger partial charge in [0.25, 0.3) is 0 Å². The van der Waals surface area contributed by atoms with Crippen LogP contribution in [0.1, 0.15) is 10.4 Å². The van der Waals surface area contributed by atoms with Gasteiger partial charge in [-0.2, -0.15) is 5.10 Å². The third-order valence-electron chi connectivity index (χ3n) is 5.06. The Bertz CT molecular complexity index is 1020. The fourth-order valence-electron chi connectivity index (χ4n) is 3.71. The lowest BCUT2D eigenvalue weighted by Crippen LogP contribution is -2.38. The maximum absolute atomic E-state index is 13.4. The van der Waals surface area contributed by atoms with Gasteiger partial charge in [0.15, 0.2) is 5.44 Å². The molecule has 0 aliphatic carbocycles. The summed E-state index contributed by atoms with van der Waals surface area (Å²) in [5, 5.41) is 6.82. The van der Waals surface area contributed by atoms with Crippen LogP contribution >= 0.6 is 7.26 Å². The number of aryl methyl sites for hydroxylation is 1. The van der Waals surface area contributed by atoms with E-state index in [1.807, 2.05) is 60.4 Å². The molecule has 0 radical (unpaired) electrons. The molecule has 3 aromatic carbocycles. The molecule has 1 aromatic heterocycles. The van der Waals surface area contributed by atoms with Gasteiger partial charge in [0.2, 0.25) is 5.78 Å². The topological polar surface area (TPSA) is 34.9 Å². The summed E-state index contributed by atoms with van der Waals surface area (Å²) in [4.78, 5) is 13.4. The maximum Gasteiger partial charge on any atom is 0.201 e. The van der Waals surface area contributed by atoms with Gasteiger partial charge in [0.1, 0.15) is 24.0 Å². The van der Waals surface area contributed by atoms with Crippen molar-refractivity contribution in [2.24, 2.45) is 7.05 Å². The van der Waals surface area contributed by atoms with Crippen molar-refractivity contribution in [1.29, 1.82) is 0 Å². The van der Waals surface area contributed by atoms with Gasteiger partial charge in [-0.1, -0.05) is 66.7 Å². The van der Waals surface area contributed by atoms with Gasteiger partial charge in [-0.05, 0) is 24.3 Å². The number of ketones is 1. The summed E-state index contributed by atoms with van der Waals surface area (Å²) in [5.41, 5.74) is 1.86. The Morgan fingerprint density at radius 3 is 1.75 bits per heavy atom. The molecule has 138 valence electrons. The Morgan fingerprint density at radius 1 is 0.786 bits per heavy atom. The van der Waals surface area contributed by atoms with Crippen LogP contribution in [0.2, 0.25) is 0 Å². The molecule has 0 amide bonds. The molecule has 0 saturated carbocycles. The molecule has 0 aliphatic heterocycles. The lowest BCUT2D eigenvalue weighted by molar-refractivity contribution is 0.102. The monoisotopic (exact) mass is 385 g/mol. The SMILES string of the molecule is Cn1nccc1[P+](CC(=O)c1ccccc1)(c1ccccc1)c1ccccc1. The molecule has 0 aliphatic rings. The minimum atomic E-state index is -2.21. The van der Waals surface area contributed by atoms with Gasteiger partial charge in [-0.15, -0.1) is 0 Å². The molecule has 0 fully saturated rings. The van der Waals surface area contributed by atoms with Gasteiger partial charge in [0, 0.05) is 18.7 Å². The first-order valence-corrected chi connectivity index (χ1v) is 11.3. The zero-order valence-electron chi connectivity index (χ0n) is 15.8. The van der Waals surface area contributed by atoms with E-state index in [0.29, 0.717) is 6.16 Å². The number of hydrogen-bond donors (Lipinski definition) is 0. The predicted molar refractivity (Wildman–Crippen MR) is 118 cm³/mol. The van der Waals surface area contributed by atoms with Crippen molar-refractivity contribution in [3.05, 3.63) is 109 Å². The van der Waals surface area contributed by atoms with Crippen molar-refractivity contribution in [2.75, 3.05) is 6.16 Å². The molecule has 0 unspecified atom stereocenters. The number of hydrogen-bond acceptors (Lipinski definition) is 2. The summed E-state index contributed by atoms with van der Waals surface area (Å²) < 4.78 is 1.92. The number of carbonyl (C=O) groups excluding carboxylic acids is 1. The summed E-state index contributed by atoms with van der Waals surface area (Å²) in [5.74, 6) is 0.155. The fraction of sp³-hybridized carbons (Fsp3) is 0.0833. The zero-order valence-corrected chi connectivity index (χ0v) is 16.7. The van der Waals surface area contributed by atoms with Crippen LogP contribution in [0.25, 0.3) is 0 Å². The minimum absolute atomic E-state index is 0.155. The first-order chi connectivity index (χ1) is 13.7. The standard InChI is InChI=1S/C24H22N2OP/c1-26-24(17-18-25-26)28(21-13-7-3-8-14-21,22-15-9-4-10-16-22)19-23(27)20-11-5-2-6-12-20/h2-18H,19H2,1H3/q+1. The number of benzene rings is 3. The van der Waals surface area contributed by atoms with Crippen LogP contribution in [0.5, 0.6) is 0 Å². The van der Waals surface area contributed by atoms with Crippen molar-refractivity contribution in [2.45, 2.75) is 0 Å². The quantitative estimate of drug-likeness (QED) is 0.376. The van der Waals surface area contributed by atoms with E-state index in [1.54, 1.807) is 0 Å². The first-order valence-electron chi connectivity index (χ1n) is 9.28. The maximum atomic E-state index is 13.4. The first kappa shape index (κ1) is 18.3. The van der Waals surface area contributed by atoms with E-state index in [4.69, 9.17) is 0 Å². The Kier molecular flexibility index (Phi) is 5.18. The Hall–Kier alpha value is -3.03. The van der Waals surface area contributed by atoms with Crippen LogP contribution in [0.3, 0.4) is 0 Å². The predicted octanol–water partition coefficient (Wildman–Crippen LogP) is 3.60. The van der Waals surface area contributed by atoms with Gasteiger partial charge < -0.3 is 0 Å². The fourth-order valence-corrected chi connectivity index (χ4v) is 7.91. The van der Waals surface area contributed by atoms with Crippen LogP contribution in [-0.4, -0.2) is 21.7 Å². The second-order valence-electron chi connectivity index (χ2n) is 6.74. The molecular formula is C24H22N2OP+. The smallest absolute Gasteiger partial charge is 0.201 e. The van der Waals surface area contributed by atoms with E-state index in [9.17, 15) is 4.79 Å². The summed E-state index contributed by atoms with van der Waals surface area (Å²) in [6, 6.07) is 32.5. The lowest BCUT2D eigenvalue weighted by Gasteiger charge is -2.26. The molecule has 1 heterocycles. The average molecular weight is 385 g/mol. The molecule has 4 rings (SSSR count). The normalized spacial score (nSPS) is 11.3. The average Bonchev–Trinajstić information content (AvgIpc) is 3.20. The summed E-state index contributed by atoms with van der Waals surface area (Å²) in [7, 11) is -0.252. The number of Topliss-reactive ketones (excluding diaryl/α,β-unsaturated/α-hetero) is 1. The van der Waals surface area contributed by atoms with Crippen LogP contribution in [0.4, 0.5) is 0 Å². The number of aromatic nitrogens is 2. The number of rotatable bonds is 6. The Morgan fingerprint density at radius 2 is 1.29 bits per heavy atom. The van der Waals surface area contributed by atoms with E-state index >= 15 is 0 Å². The van der Waals surface area contributed by atoms with Crippen LogP contribution in [0, 0.1) is 0 Å². The third-order valence-corrected chi connectivity index (χ3v) is 9.40. The molecule has 3 nitrogen and oxygen atoms in total. The van der Waals surface area contributed by atoms with Gasteiger partial charge in [-0.25, -0.2) is 4.68 Å². The number of nitrogens with zero attached hydrogens (tertiary/aromatic N) is 2. The summed E-state index contributed by atoms with van der Waals surface area (Å²) in [6.45, 7) is 0. The van der Waals surface area contributed by atoms with Crippen LogP contribution in [-0.2, 0) is 7.05 Å². The Labute approximate surface area is 166 Å². The molecule has 0 spiro atoms. The second kappa shape index (κ2) is 7.92. The van der Waals surface area contributed by atoms with Gasteiger partial charge in [-0.3, -0.25) is 4.79 Å². The second-order valence-corrected chi connectivity index (χ2v) is 10.2. The van der Waals surface area contributed by atoms with Crippen molar-refractivity contribution in [3.63, 3.8) is 0 Å². The minimum Gasteiger partial charge on any atom is -0.290 e. The zero-order chi connectivity index (χ0) is 19.4. The highest BCUT2D eigenvalue weighted by atomic mass is 31.2. The lowest BCUT2D eigenvalue weighted by atomic mass is 10.2. The number of carbonyl (C=O) groups is 1. The van der Waals surface area contributed by atoms with Crippen molar-refractivity contribution in [3.8, 4) is 0 Å². The van der Waals surface area contributed by atoms with Gasteiger partial charge in [0.05, 0.1) is 6.20 Å². The van der Waals surface area contributed by atoms with E-state index in [2.05, 4.69) is 59.7 Å². The van der Waals surface area contributed by atoms with E-state index in [1.165, 1.54) is 10.6 Å². The summed E-state index contributed by atoms with van der Waals surface area (Å²) >= 11 is 0. The van der Waals surface area contributed by atoms with E-state index in [0.717, 1.165) is 11.0 Å². The molecule has 0 bridgehead atoms. The molecule has 0 N–H and O–H groups in total. The van der Waals surface area contributed by atoms with Crippen molar-refractivity contribution >= 4 is 29.1 Å². The van der Waals surface area contributed by atoms with Crippen molar-refractivity contribution < 1.29 is 4.79 Å². The molecule has 4 heteroatoms. The third kappa shape index (κ3) is 3.30. The van der Waals surface area contributed by atoms with E-state index in [-0.39, 0.29) is 5.78 Å². The highest BCUT2D eigenvalue weighted by Gasteiger charge is 2.49. The largest absolute Gasteiger partial charge is 0.290 e. The molecule has 28 heavy (non-hydrogen) atoms. The summed E-state index contributed by atoms with van der Waals surface area (Å²) in [6.07, 6.45) is 2.26. The van der Waals surface area contributed by atoms with Crippen LogP contribution in [0.15, 0.2) is 103 Å². The Balaban J connectivity index is 1.96. The van der Waals surface area contributed by atoms with Crippen LogP contribution < -0.4 is 16.0 Å².